The number of anilines is 1. The van der Waals surface area contributed by atoms with Crippen molar-refractivity contribution in [1.82, 2.24) is 4.98 Å². The Hall–Kier alpha value is -1.09. The van der Waals surface area contributed by atoms with E-state index >= 15 is 0 Å². The zero-order chi connectivity index (χ0) is 11.2. The first-order valence-electron chi connectivity index (χ1n) is 6.20. The summed E-state index contributed by atoms with van der Waals surface area (Å²) in [5.74, 6) is 0. The van der Waals surface area contributed by atoms with Gasteiger partial charge in [0.15, 0.2) is 0 Å². The molecule has 0 bridgehead atoms. The first-order valence-corrected chi connectivity index (χ1v) is 6.20. The van der Waals surface area contributed by atoms with Gasteiger partial charge in [0, 0.05) is 17.8 Å². The quantitative estimate of drug-likeness (QED) is 0.770. The van der Waals surface area contributed by atoms with E-state index in [2.05, 4.69) is 10.3 Å². The minimum absolute atomic E-state index is 0.0809. The fourth-order valence-corrected chi connectivity index (χ4v) is 2.33. The van der Waals surface area contributed by atoms with Gasteiger partial charge in [0.2, 0.25) is 0 Å². The second-order valence-corrected chi connectivity index (χ2v) is 4.52. The summed E-state index contributed by atoms with van der Waals surface area (Å²) in [5.41, 5.74) is 1.94. The minimum Gasteiger partial charge on any atom is -0.392 e. The molecule has 0 unspecified atom stereocenters. The number of nitrogens with zero attached hydrogens (tertiary/aromatic N) is 1. The van der Waals surface area contributed by atoms with Crippen LogP contribution in [0.3, 0.4) is 0 Å². The molecule has 2 rings (SSSR count). The van der Waals surface area contributed by atoms with Crippen LogP contribution in [-0.2, 0) is 6.61 Å². The molecule has 16 heavy (non-hydrogen) atoms. The molecule has 2 N–H and O–H groups in total. The molecule has 0 aromatic carbocycles. The summed E-state index contributed by atoms with van der Waals surface area (Å²) < 4.78 is 0. The Balaban J connectivity index is 2.01. The molecule has 0 amide bonds. The van der Waals surface area contributed by atoms with Crippen LogP contribution in [-0.4, -0.2) is 16.1 Å². The molecule has 0 aliphatic heterocycles. The molecule has 3 heteroatoms. The minimum atomic E-state index is 0.0809. The molecule has 0 radical (unpaired) electrons. The maximum atomic E-state index is 9.24. The van der Waals surface area contributed by atoms with Crippen LogP contribution < -0.4 is 5.32 Å². The molecule has 1 aromatic rings. The highest BCUT2D eigenvalue weighted by Crippen LogP contribution is 2.22. The van der Waals surface area contributed by atoms with Crippen LogP contribution in [0.5, 0.6) is 0 Å². The molecule has 1 aliphatic carbocycles. The van der Waals surface area contributed by atoms with Crippen molar-refractivity contribution in [3.63, 3.8) is 0 Å². The summed E-state index contributed by atoms with van der Waals surface area (Å²) in [5, 5.41) is 12.8. The van der Waals surface area contributed by atoms with E-state index in [0.29, 0.717) is 6.04 Å². The van der Waals surface area contributed by atoms with Gasteiger partial charge in [-0.3, -0.25) is 4.98 Å². The van der Waals surface area contributed by atoms with Crippen molar-refractivity contribution in [2.24, 2.45) is 0 Å². The lowest BCUT2D eigenvalue weighted by atomic mass is 10.1. The summed E-state index contributed by atoms with van der Waals surface area (Å²) in [6.07, 6.45) is 11.4. The molecule has 88 valence electrons. The number of pyridine rings is 1. The summed E-state index contributed by atoms with van der Waals surface area (Å²) in [6, 6.07) is 2.43. The van der Waals surface area contributed by atoms with Gasteiger partial charge in [-0.25, -0.2) is 0 Å². The highest BCUT2D eigenvalue weighted by atomic mass is 16.3. The predicted molar refractivity (Wildman–Crippen MR) is 65.3 cm³/mol. The van der Waals surface area contributed by atoms with E-state index in [4.69, 9.17) is 0 Å². The number of hydrogen-bond acceptors (Lipinski definition) is 3. The van der Waals surface area contributed by atoms with Gasteiger partial charge >= 0.3 is 0 Å². The number of aromatic nitrogens is 1. The number of hydrogen-bond donors (Lipinski definition) is 2. The van der Waals surface area contributed by atoms with Gasteiger partial charge in [0.25, 0.3) is 0 Å². The van der Waals surface area contributed by atoms with Crippen LogP contribution in [0.1, 0.15) is 44.1 Å². The molecular formula is C13H20N2O. The van der Waals surface area contributed by atoms with Gasteiger partial charge in [0.1, 0.15) is 0 Å². The van der Waals surface area contributed by atoms with Gasteiger partial charge < -0.3 is 10.4 Å². The molecule has 1 saturated carbocycles. The van der Waals surface area contributed by atoms with E-state index in [0.717, 1.165) is 11.3 Å². The van der Waals surface area contributed by atoms with Gasteiger partial charge in [0.05, 0.1) is 18.5 Å². The van der Waals surface area contributed by atoms with Crippen molar-refractivity contribution >= 4 is 5.69 Å². The smallest absolute Gasteiger partial charge is 0.0703 e. The molecule has 0 saturated heterocycles. The maximum Gasteiger partial charge on any atom is 0.0703 e. The van der Waals surface area contributed by atoms with Crippen LogP contribution in [0.2, 0.25) is 0 Å². The molecule has 1 fully saturated rings. The van der Waals surface area contributed by atoms with Gasteiger partial charge in [-0.1, -0.05) is 25.7 Å². The average Bonchev–Trinajstić information content (AvgIpc) is 2.58. The Morgan fingerprint density at radius 2 is 2.00 bits per heavy atom. The average molecular weight is 220 g/mol. The van der Waals surface area contributed by atoms with Crippen LogP contribution in [0.25, 0.3) is 0 Å². The topological polar surface area (TPSA) is 45.2 Å². The lowest BCUT2D eigenvalue weighted by Gasteiger charge is -2.19. The second-order valence-electron chi connectivity index (χ2n) is 4.52. The Bertz CT molecular complexity index is 319. The molecule has 1 heterocycles. The molecule has 1 aromatic heterocycles. The van der Waals surface area contributed by atoms with Crippen molar-refractivity contribution in [2.75, 3.05) is 5.32 Å². The predicted octanol–water partition coefficient (Wildman–Crippen LogP) is 2.71. The van der Waals surface area contributed by atoms with Crippen molar-refractivity contribution in [3.8, 4) is 0 Å². The zero-order valence-corrected chi connectivity index (χ0v) is 9.65. The van der Waals surface area contributed by atoms with Gasteiger partial charge in [-0.15, -0.1) is 0 Å². The van der Waals surface area contributed by atoms with Crippen molar-refractivity contribution in [2.45, 2.75) is 51.2 Å². The van der Waals surface area contributed by atoms with Crippen LogP contribution in [0.4, 0.5) is 5.69 Å². The monoisotopic (exact) mass is 220 g/mol. The lowest BCUT2D eigenvalue weighted by molar-refractivity contribution is 0.282. The fourth-order valence-electron chi connectivity index (χ4n) is 2.33. The third-order valence-electron chi connectivity index (χ3n) is 3.30. The van der Waals surface area contributed by atoms with Crippen molar-refractivity contribution in [1.29, 1.82) is 0 Å². The first kappa shape index (κ1) is 11.4. The Kier molecular flexibility index (Phi) is 4.17. The Morgan fingerprint density at radius 1 is 1.25 bits per heavy atom. The number of aliphatic hydroxyl groups is 1. The standard InChI is InChI=1S/C13H20N2O/c16-10-11-7-8-14-9-13(11)15-12-5-3-1-2-4-6-12/h7-9,12,15-16H,1-6,10H2. The molecular weight excluding hydrogens is 200 g/mol. The van der Waals surface area contributed by atoms with E-state index in [1.807, 2.05) is 12.3 Å². The Morgan fingerprint density at radius 3 is 2.69 bits per heavy atom. The van der Waals surface area contributed by atoms with E-state index in [9.17, 15) is 5.11 Å². The highest BCUT2D eigenvalue weighted by molar-refractivity contribution is 5.49. The molecule has 1 aliphatic rings. The summed E-state index contributed by atoms with van der Waals surface area (Å²) >= 11 is 0. The van der Waals surface area contributed by atoms with E-state index < -0.39 is 0 Å². The fraction of sp³-hybridized carbons (Fsp3) is 0.615. The van der Waals surface area contributed by atoms with Crippen molar-refractivity contribution in [3.05, 3.63) is 24.0 Å². The normalized spacial score (nSPS) is 18.1. The SMILES string of the molecule is OCc1ccncc1NC1CCCCCC1. The lowest BCUT2D eigenvalue weighted by Crippen LogP contribution is -2.19. The number of nitrogens with one attached hydrogen (secondary N) is 1. The highest BCUT2D eigenvalue weighted by Gasteiger charge is 2.13. The van der Waals surface area contributed by atoms with Crippen molar-refractivity contribution < 1.29 is 5.11 Å². The number of aliphatic hydroxyl groups excluding tert-OH is 1. The summed E-state index contributed by atoms with van der Waals surface area (Å²) in [7, 11) is 0. The molecule has 3 nitrogen and oxygen atoms in total. The zero-order valence-electron chi connectivity index (χ0n) is 9.65. The van der Waals surface area contributed by atoms with E-state index in [1.54, 1.807) is 6.20 Å². The third kappa shape index (κ3) is 2.95. The first-order chi connectivity index (χ1) is 7.90. The van der Waals surface area contributed by atoms with E-state index in [-0.39, 0.29) is 6.61 Å². The van der Waals surface area contributed by atoms with Gasteiger partial charge in [-0.05, 0) is 18.9 Å². The van der Waals surface area contributed by atoms with E-state index in [1.165, 1.54) is 38.5 Å². The van der Waals surface area contributed by atoms with Gasteiger partial charge in [-0.2, -0.15) is 0 Å². The summed E-state index contributed by atoms with van der Waals surface area (Å²) in [4.78, 5) is 4.11. The van der Waals surface area contributed by atoms with Crippen LogP contribution >= 0.6 is 0 Å². The third-order valence-corrected chi connectivity index (χ3v) is 3.30. The molecule has 0 spiro atoms. The molecule has 0 atom stereocenters. The Labute approximate surface area is 96.9 Å². The van der Waals surface area contributed by atoms with Crippen LogP contribution in [0.15, 0.2) is 18.5 Å². The second kappa shape index (κ2) is 5.85. The summed E-state index contributed by atoms with van der Waals surface area (Å²) in [6.45, 7) is 0.0809. The van der Waals surface area contributed by atoms with Crippen LogP contribution in [0, 0.1) is 0 Å². The maximum absolute atomic E-state index is 9.24. The largest absolute Gasteiger partial charge is 0.392 e. The number of rotatable bonds is 3.